The van der Waals surface area contributed by atoms with Gasteiger partial charge in [-0.3, -0.25) is 9.69 Å². The van der Waals surface area contributed by atoms with Crippen molar-refractivity contribution in [1.29, 1.82) is 0 Å². The van der Waals surface area contributed by atoms with E-state index in [1.165, 1.54) is 25.9 Å². The number of hydrogen-bond donors (Lipinski definition) is 2. The number of amides is 1. The third kappa shape index (κ3) is 5.46. The van der Waals surface area contributed by atoms with Gasteiger partial charge in [-0.05, 0) is 50.7 Å². The minimum atomic E-state index is 0.0214. The fraction of sp³-hybridized carbons (Fsp3) is 0.562. The quantitative estimate of drug-likeness (QED) is 0.790. The highest BCUT2D eigenvalue weighted by Gasteiger charge is 2.13. The van der Waals surface area contributed by atoms with Gasteiger partial charge in [0.2, 0.25) is 5.91 Å². The Morgan fingerprint density at radius 1 is 1.38 bits per heavy atom. The lowest BCUT2D eigenvalue weighted by molar-refractivity contribution is -0.117. The molecule has 3 N–H and O–H groups in total. The first-order valence-corrected chi connectivity index (χ1v) is 7.67. The smallest absolute Gasteiger partial charge is 0.238 e. The molecule has 0 aromatic heterocycles. The van der Waals surface area contributed by atoms with Gasteiger partial charge in [-0.25, -0.2) is 0 Å². The molecule has 0 atom stereocenters. The van der Waals surface area contributed by atoms with Crippen molar-refractivity contribution in [2.24, 2.45) is 5.73 Å². The molecule has 1 aliphatic rings. The number of nitrogens with zero attached hydrogens (tertiary/aromatic N) is 2. The lowest BCUT2D eigenvalue weighted by atomic mass is 10.2. The zero-order valence-electron chi connectivity index (χ0n) is 12.8. The van der Waals surface area contributed by atoms with Crippen LogP contribution in [0, 0.1) is 0 Å². The second-order valence-electron chi connectivity index (χ2n) is 5.74. The number of benzene rings is 1. The number of nitrogens with two attached hydrogens (primary N) is 1. The van der Waals surface area contributed by atoms with Gasteiger partial charge in [-0.1, -0.05) is 12.1 Å². The van der Waals surface area contributed by atoms with Crippen molar-refractivity contribution in [1.82, 2.24) is 9.80 Å². The first-order valence-electron chi connectivity index (χ1n) is 7.67. The molecule has 5 nitrogen and oxygen atoms in total. The van der Waals surface area contributed by atoms with Gasteiger partial charge in [0.1, 0.15) is 0 Å². The number of rotatable bonds is 7. The van der Waals surface area contributed by atoms with Crippen molar-refractivity contribution >= 4 is 11.6 Å². The standard InChI is InChI=1S/C16H26N4O/c1-19(9-10-20-7-2-3-8-20)13-16(21)18-15-6-4-5-14(11-15)12-17/h4-6,11H,2-3,7-10,12-13,17H2,1H3,(H,18,21). The predicted molar refractivity (Wildman–Crippen MR) is 86.1 cm³/mol. The van der Waals surface area contributed by atoms with E-state index in [0.29, 0.717) is 13.1 Å². The summed E-state index contributed by atoms with van der Waals surface area (Å²) in [7, 11) is 1.99. The van der Waals surface area contributed by atoms with Gasteiger partial charge >= 0.3 is 0 Å². The molecule has 1 amide bonds. The molecular formula is C16H26N4O. The van der Waals surface area contributed by atoms with E-state index in [-0.39, 0.29) is 5.91 Å². The summed E-state index contributed by atoms with van der Waals surface area (Å²) >= 11 is 0. The minimum Gasteiger partial charge on any atom is -0.326 e. The largest absolute Gasteiger partial charge is 0.326 e. The van der Waals surface area contributed by atoms with Crippen LogP contribution in [0.4, 0.5) is 5.69 Å². The fourth-order valence-electron chi connectivity index (χ4n) is 2.62. The summed E-state index contributed by atoms with van der Waals surface area (Å²) in [6.45, 7) is 5.28. The highest BCUT2D eigenvalue weighted by Crippen LogP contribution is 2.10. The van der Waals surface area contributed by atoms with E-state index in [1.807, 2.05) is 31.3 Å². The molecule has 1 fully saturated rings. The van der Waals surface area contributed by atoms with Gasteiger partial charge in [0, 0.05) is 25.3 Å². The highest BCUT2D eigenvalue weighted by molar-refractivity contribution is 5.92. The number of nitrogens with one attached hydrogen (secondary N) is 1. The summed E-state index contributed by atoms with van der Waals surface area (Å²) in [5.74, 6) is 0.0214. The first-order chi connectivity index (χ1) is 10.2. The van der Waals surface area contributed by atoms with Crippen LogP contribution >= 0.6 is 0 Å². The molecule has 0 bridgehead atoms. The Balaban J connectivity index is 1.72. The van der Waals surface area contributed by atoms with Crippen LogP contribution in [-0.2, 0) is 11.3 Å². The summed E-state index contributed by atoms with van der Waals surface area (Å²) in [5, 5.41) is 2.93. The average Bonchev–Trinajstić information content (AvgIpc) is 2.98. The van der Waals surface area contributed by atoms with E-state index in [4.69, 9.17) is 5.73 Å². The summed E-state index contributed by atoms with van der Waals surface area (Å²) < 4.78 is 0. The fourth-order valence-corrected chi connectivity index (χ4v) is 2.62. The lowest BCUT2D eigenvalue weighted by Crippen LogP contribution is -2.36. The van der Waals surface area contributed by atoms with E-state index in [9.17, 15) is 4.79 Å². The molecule has 0 unspecified atom stereocenters. The van der Waals surface area contributed by atoms with Crippen molar-refractivity contribution in [2.75, 3.05) is 45.1 Å². The van der Waals surface area contributed by atoms with Crippen LogP contribution in [0.25, 0.3) is 0 Å². The predicted octanol–water partition coefficient (Wildman–Crippen LogP) is 1.11. The van der Waals surface area contributed by atoms with E-state index in [2.05, 4.69) is 15.1 Å². The third-order valence-electron chi connectivity index (χ3n) is 3.86. The van der Waals surface area contributed by atoms with E-state index in [1.54, 1.807) is 0 Å². The summed E-state index contributed by atoms with van der Waals surface area (Å²) in [4.78, 5) is 16.5. The van der Waals surface area contributed by atoms with Crippen molar-refractivity contribution in [3.63, 3.8) is 0 Å². The Morgan fingerprint density at radius 2 is 2.14 bits per heavy atom. The average molecular weight is 290 g/mol. The molecule has 1 aromatic carbocycles. The number of likely N-dealkylation sites (N-methyl/N-ethyl adjacent to an activating group) is 1. The Morgan fingerprint density at radius 3 is 2.86 bits per heavy atom. The zero-order valence-corrected chi connectivity index (χ0v) is 12.8. The van der Waals surface area contributed by atoms with Crippen LogP contribution in [-0.4, -0.2) is 55.5 Å². The number of anilines is 1. The van der Waals surface area contributed by atoms with Crippen LogP contribution in [0.1, 0.15) is 18.4 Å². The van der Waals surface area contributed by atoms with Crippen molar-refractivity contribution < 1.29 is 4.79 Å². The van der Waals surface area contributed by atoms with Crippen LogP contribution in [0.15, 0.2) is 24.3 Å². The van der Waals surface area contributed by atoms with Crippen LogP contribution in [0.3, 0.4) is 0 Å². The van der Waals surface area contributed by atoms with Gasteiger partial charge in [0.15, 0.2) is 0 Å². The molecule has 0 radical (unpaired) electrons. The molecule has 0 saturated carbocycles. The van der Waals surface area contributed by atoms with Crippen molar-refractivity contribution in [3.8, 4) is 0 Å². The first kappa shape index (κ1) is 15.9. The van der Waals surface area contributed by atoms with Crippen molar-refractivity contribution in [3.05, 3.63) is 29.8 Å². The topological polar surface area (TPSA) is 61.6 Å². The Labute approximate surface area is 127 Å². The minimum absolute atomic E-state index is 0.0214. The number of carbonyl (C=O) groups is 1. The molecule has 21 heavy (non-hydrogen) atoms. The lowest BCUT2D eigenvalue weighted by Gasteiger charge is -2.20. The Kier molecular flexibility index (Phi) is 6.17. The maximum Gasteiger partial charge on any atom is 0.238 e. The maximum atomic E-state index is 12.0. The molecule has 0 aliphatic carbocycles. The molecule has 5 heteroatoms. The Bertz CT molecular complexity index is 457. The molecule has 1 aliphatic heterocycles. The van der Waals surface area contributed by atoms with Gasteiger partial charge in [-0.2, -0.15) is 0 Å². The van der Waals surface area contributed by atoms with E-state index >= 15 is 0 Å². The summed E-state index contributed by atoms with van der Waals surface area (Å²) in [6, 6.07) is 7.68. The molecule has 2 rings (SSSR count). The molecule has 116 valence electrons. The van der Waals surface area contributed by atoms with Gasteiger partial charge in [-0.15, -0.1) is 0 Å². The summed E-state index contributed by atoms with van der Waals surface area (Å²) in [5.41, 5.74) is 7.44. The molecule has 0 spiro atoms. The SMILES string of the molecule is CN(CCN1CCCC1)CC(=O)Nc1cccc(CN)c1. The van der Waals surface area contributed by atoms with Crippen LogP contribution in [0.5, 0.6) is 0 Å². The number of hydrogen-bond acceptors (Lipinski definition) is 4. The zero-order chi connectivity index (χ0) is 15.1. The maximum absolute atomic E-state index is 12.0. The summed E-state index contributed by atoms with van der Waals surface area (Å²) in [6.07, 6.45) is 2.61. The van der Waals surface area contributed by atoms with E-state index < -0.39 is 0 Å². The normalized spacial score (nSPS) is 15.6. The molecule has 1 aromatic rings. The number of likely N-dealkylation sites (tertiary alicyclic amines) is 1. The second-order valence-corrected chi connectivity index (χ2v) is 5.74. The molecular weight excluding hydrogens is 264 g/mol. The van der Waals surface area contributed by atoms with Crippen LogP contribution in [0.2, 0.25) is 0 Å². The van der Waals surface area contributed by atoms with Gasteiger partial charge in [0.25, 0.3) is 0 Å². The van der Waals surface area contributed by atoms with E-state index in [0.717, 1.165) is 24.3 Å². The molecule has 1 heterocycles. The number of carbonyl (C=O) groups excluding carboxylic acids is 1. The third-order valence-corrected chi connectivity index (χ3v) is 3.86. The van der Waals surface area contributed by atoms with Crippen molar-refractivity contribution in [2.45, 2.75) is 19.4 Å². The monoisotopic (exact) mass is 290 g/mol. The Hall–Kier alpha value is -1.43. The van der Waals surface area contributed by atoms with Gasteiger partial charge < -0.3 is 16.0 Å². The van der Waals surface area contributed by atoms with Gasteiger partial charge in [0.05, 0.1) is 6.54 Å². The van der Waals surface area contributed by atoms with Crippen LogP contribution < -0.4 is 11.1 Å². The second kappa shape index (κ2) is 8.12. The highest BCUT2D eigenvalue weighted by atomic mass is 16.2. The molecule has 1 saturated heterocycles.